The Bertz CT molecular complexity index is 487. The van der Waals surface area contributed by atoms with Crippen LogP contribution in [-0.4, -0.2) is 15.0 Å². The van der Waals surface area contributed by atoms with Crippen molar-refractivity contribution in [3.63, 3.8) is 0 Å². The molecule has 6 heteroatoms. The molecular weight excluding hydrogens is 270 g/mol. The Labute approximate surface area is 92.2 Å². The summed E-state index contributed by atoms with van der Waals surface area (Å²) in [5.74, 6) is -0.226. The van der Waals surface area contributed by atoms with Crippen LogP contribution in [0.1, 0.15) is 0 Å². The SMILES string of the molecule is FC(F)(Br)Oc1cnc2ccccc2n1. The summed E-state index contributed by atoms with van der Waals surface area (Å²) in [6.07, 6.45) is 1.15. The van der Waals surface area contributed by atoms with Gasteiger partial charge >= 0.3 is 5.02 Å². The van der Waals surface area contributed by atoms with E-state index in [1.807, 2.05) is 0 Å². The highest BCUT2D eigenvalue weighted by atomic mass is 79.9. The number of hydrogen-bond donors (Lipinski definition) is 0. The average Bonchev–Trinajstić information content (AvgIpc) is 2.15. The van der Waals surface area contributed by atoms with Crippen molar-refractivity contribution in [1.29, 1.82) is 0 Å². The highest BCUT2D eigenvalue weighted by Crippen LogP contribution is 2.25. The van der Waals surface area contributed by atoms with E-state index in [9.17, 15) is 8.78 Å². The summed E-state index contributed by atoms with van der Waals surface area (Å²) >= 11 is 2.06. The summed E-state index contributed by atoms with van der Waals surface area (Å²) in [5.41, 5.74) is 1.13. The van der Waals surface area contributed by atoms with E-state index < -0.39 is 5.02 Å². The summed E-state index contributed by atoms with van der Waals surface area (Å²) < 4.78 is 29.1. The summed E-state index contributed by atoms with van der Waals surface area (Å²) in [4.78, 5) is 7.79. The highest BCUT2D eigenvalue weighted by molar-refractivity contribution is 9.09. The van der Waals surface area contributed by atoms with E-state index in [2.05, 4.69) is 30.6 Å². The van der Waals surface area contributed by atoms with Crippen LogP contribution in [0.5, 0.6) is 5.88 Å². The maximum Gasteiger partial charge on any atom is 0.460 e. The molecule has 1 aromatic carbocycles. The predicted molar refractivity (Wildman–Crippen MR) is 54.0 cm³/mol. The van der Waals surface area contributed by atoms with E-state index in [0.29, 0.717) is 11.0 Å². The Hall–Kier alpha value is -1.30. The summed E-state index contributed by atoms with van der Waals surface area (Å²) in [7, 11) is 0. The number of benzene rings is 1. The second-order valence-electron chi connectivity index (χ2n) is 2.74. The van der Waals surface area contributed by atoms with Gasteiger partial charge in [0.15, 0.2) is 0 Å². The number of hydrogen-bond acceptors (Lipinski definition) is 3. The number of nitrogens with zero attached hydrogens (tertiary/aromatic N) is 2. The normalized spacial score (nSPS) is 11.7. The number of alkyl halides is 3. The molecule has 2 aromatic rings. The first kappa shape index (κ1) is 10.2. The molecule has 78 valence electrons. The molecule has 0 N–H and O–H groups in total. The average molecular weight is 275 g/mol. The van der Waals surface area contributed by atoms with E-state index in [4.69, 9.17) is 0 Å². The topological polar surface area (TPSA) is 35.0 Å². The van der Waals surface area contributed by atoms with Crippen LogP contribution in [0.25, 0.3) is 11.0 Å². The van der Waals surface area contributed by atoms with Crippen LogP contribution >= 0.6 is 15.9 Å². The van der Waals surface area contributed by atoms with Crippen molar-refractivity contribution in [3.05, 3.63) is 30.5 Å². The Morgan fingerprint density at radius 1 is 1.20 bits per heavy atom. The third kappa shape index (κ3) is 2.59. The van der Waals surface area contributed by atoms with Gasteiger partial charge in [-0.15, -0.1) is 0 Å². The standard InChI is InChI=1S/C9H5BrF2N2O/c10-9(11,12)15-8-5-13-6-3-1-2-4-7(6)14-8/h1-5H. The van der Waals surface area contributed by atoms with Crippen molar-refractivity contribution in [2.45, 2.75) is 5.02 Å². The van der Waals surface area contributed by atoms with Gasteiger partial charge in [-0.3, -0.25) is 0 Å². The smallest absolute Gasteiger partial charge is 0.404 e. The van der Waals surface area contributed by atoms with E-state index in [1.165, 1.54) is 0 Å². The maximum absolute atomic E-state index is 12.4. The van der Waals surface area contributed by atoms with Crippen molar-refractivity contribution in [3.8, 4) is 5.88 Å². The van der Waals surface area contributed by atoms with Crippen molar-refractivity contribution >= 4 is 27.0 Å². The summed E-state index contributed by atoms with van der Waals surface area (Å²) in [5, 5.41) is -3.43. The third-order valence-electron chi connectivity index (χ3n) is 1.65. The number of para-hydroxylation sites is 2. The van der Waals surface area contributed by atoms with Gasteiger partial charge in [0.25, 0.3) is 0 Å². The summed E-state index contributed by atoms with van der Waals surface area (Å²) in [6, 6.07) is 6.93. The molecule has 0 aliphatic heterocycles. The van der Waals surface area contributed by atoms with Crippen molar-refractivity contribution < 1.29 is 13.5 Å². The number of ether oxygens (including phenoxy) is 1. The quantitative estimate of drug-likeness (QED) is 0.790. The van der Waals surface area contributed by atoms with Gasteiger partial charge in [-0.2, -0.15) is 8.78 Å². The fourth-order valence-corrected chi connectivity index (χ4v) is 1.27. The highest BCUT2D eigenvalue weighted by Gasteiger charge is 2.27. The molecule has 0 fully saturated rings. The molecule has 0 aliphatic rings. The lowest BCUT2D eigenvalue weighted by molar-refractivity contribution is -0.0830. The predicted octanol–water partition coefficient (Wildman–Crippen LogP) is 2.95. The van der Waals surface area contributed by atoms with Crippen LogP contribution in [0.15, 0.2) is 30.5 Å². The molecule has 0 atom stereocenters. The first-order valence-corrected chi connectivity index (χ1v) is 4.81. The molecule has 1 heterocycles. The van der Waals surface area contributed by atoms with Crippen LogP contribution in [0.4, 0.5) is 8.78 Å². The second-order valence-corrected chi connectivity index (χ2v) is 3.67. The van der Waals surface area contributed by atoms with E-state index >= 15 is 0 Å². The van der Waals surface area contributed by atoms with Gasteiger partial charge in [0.1, 0.15) is 0 Å². The first-order chi connectivity index (χ1) is 7.04. The van der Waals surface area contributed by atoms with Gasteiger partial charge in [0, 0.05) is 15.9 Å². The molecule has 2 rings (SSSR count). The van der Waals surface area contributed by atoms with Crippen LogP contribution in [0.2, 0.25) is 0 Å². The molecule has 0 unspecified atom stereocenters. The van der Waals surface area contributed by atoms with Gasteiger partial charge in [0.2, 0.25) is 5.88 Å². The number of halogens is 3. The molecule has 0 bridgehead atoms. The zero-order valence-electron chi connectivity index (χ0n) is 7.32. The molecular formula is C9H5BrF2N2O. The first-order valence-electron chi connectivity index (χ1n) is 4.02. The van der Waals surface area contributed by atoms with Gasteiger partial charge in [-0.25, -0.2) is 9.97 Å². The lowest BCUT2D eigenvalue weighted by Crippen LogP contribution is -2.15. The van der Waals surface area contributed by atoms with Crippen molar-refractivity contribution in [1.82, 2.24) is 9.97 Å². The van der Waals surface area contributed by atoms with Gasteiger partial charge in [-0.05, 0) is 12.1 Å². The van der Waals surface area contributed by atoms with E-state index in [0.717, 1.165) is 6.20 Å². The van der Waals surface area contributed by atoms with Crippen molar-refractivity contribution in [2.75, 3.05) is 0 Å². The number of fused-ring (bicyclic) bond motifs is 1. The molecule has 3 nitrogen and oxygen atoms in total. The lowest BCUT2D eigenvalue weighted by atomic mass is 10.3. The Balaban J connectivity index is 2.39. The fourth-order valence-electron chi connectivity index (χ4n) is 1.11. The minimum absolute atomic E-state index is 0.226. The molecule has 0 radical (unpaired) electrons. The Morgan fingerprint density at radius 3 is 2.53 bits per heavy atom. The number of rotatable bonds is 2. The van der Waals surface area contributed by atoms with Gasteiger partial charge in [-0.1, -0.05) is 12.1 Å². The lowest BCUT2D eigenvalue weighted by Gasteiger charge is -2.09. The zero-order valence-corrected chi connectivity index (χ0v) is 8.91. The molecule has 0 saturated carbocycles. The molecule has 0 aliphatic carbocycles. The monoisotopic (exact) mass is 274 g/mol. The Morgan fingerprint density at radius 2 is 1.87 bits per heavy atom. The molecule has 0 spiro atoms. The minimum Gasteiger partial charge on any atom is -0.404 e. The summed E-state index contributed by atoms with van der Waals surface area (Å²) in [6.45, 7) is 0. The van der Waals surface area contributed by atoms with Gasteiger partial charge in [0.05, 0.1) is 17.2 Å². The molecule has 0 saturated heterocycles. The largest absolute Gasteiger partial charge is 0.460 e. The van der Waals surface area contributed by atoms with E-state index in [1.54, 1.807) is 24.3 Å². The Kier molecular flexibility index (Phi) is 2.52. The van der Waals surface area contributed by atoms with Gasteiger partial charge < -0.3 is 4.74 Å². The second kappa shape index (κ2) is 3.69. The van der Waals surface area contributed by atoms with Crippen LogP contribution in [0, 0.1) is 0 Å². The third-order valence-corrected chi connectivity index (χ3v) is 1.81. The molecule has 0 amide bonds. The molecule has 1 aromatic heterocycles. The van der Waals surface area contributed by atoms with Crippen LogP contribution in [0.3, 0.4) is 0 Å². The number of aromatic nitrogens is 2. The maximum atomic E-state index is 12.4. The van der Waals surface area contributed by atoms with Crippen LogP contribution in [-0.2, 0) is 0 Å². The zero-order chi connectivity index (χ0) is 10.9. The van der Waals surface area contributed by atoms with E-state index in [-0.39, 0.29) is 5.88 Å². The fraction of sp³-hybridized carbons (Fsp3) is 0.111. The van der Waals surface area contributed by atoms with Crippen molar-refractivity contribution in [2.24, 2.45) is 0 Å². The molecule has 15 heavy (non-hydrogen) atoms. The van der Waals surface area contributed by atoms with Crippen LogP contribution < -0.4 is 4.74 Å². The minimum atomic E-state index is -3.43.